The van der Waals surface area contributed by atoms with Crippen LogP contribution in [0.15, 0.2) is 0 Å². The van der Waals surface area contributed by atoms with Crippen molar-refractivity contribution < 1.29 is 4.43 Å². The molecule has 0 aromatic carbocycles. The molecule has 1 nitrogen and oxygen atoms in total. The van der Waals surface area contributed by atoms with Crippen LogP contribution in [0, 0.1) is 0 Å². The molecule has 0 aliphatic rings. The van der Waals surface area contributed by atoms with Gasteiger partial charge in [-0.2, -0.15) is 0 Å². The van der Waals surface area contributed by atoms with Gasteiger partial charge in [0.2, 0.25) is 0 Å². The molecule has 0 atom stereocenters. The Bertz CT molecular complexity index is 51.4. The quantitative estimate of drug-likeness (QED) is 0.563. The molecule has 5 heteroatoms. The zero-order chi connectivity index (χ0) is 5.91. The molecule has 0 saturated carbocycles. The van der Waals surface area contributed by atoms with Crippen LogP contribution in [0.1, 0.15) is 6.92 Å². The van der Waals surface area contributed by atoms with Crippen molar-refractivity contribution in [3.05, 3.63) is 0 Å². The second-order valence-corrected chi connectivity index (χ2v) is 21.7. The van der Waals surface area contributed by atoms with E-state index in [1.807, 2.05) is 6.92 Å². The lowest BCUT2D eigenvalue weighted by Crippen LogP contribution is -2.12. The van der Waals surface area contributed by atoms with Crippen molar-refractivity contribution in [1.29, 1.82) is 0 Å². The first kappa shape index (κ1) is 8.62. The highest BCUT2D eigenvalue weighted by Gasteiger charge is 2.22. The van der Waals surface area contributed by atoms with E-state index >= 15 is 0 Å². The molecule has 0 aromatic rings. The Morgan fingerprint density at radius 2 is 1.86 bits per heavy atom. The van der Waals surface area contributed by atoms with Crippen LogP contribution in [-0.4, -0.2) is 10.8 Å². The Hall–Kier alpha value is 1.62. The predicted octanol–water partition coefficient (Wildman–Crippen LogP) is 2.64. The van der Waals surface area contributed by atoms with Gasteiger partial charge in [0.25, 0.3) is 0 Å². The van der Waals surface area contributed by atoms with E-state index in [1.54, 1.807) is 0 Å². The molecule has 0 saturated heterocycles. The van der Waals surface area contributed by atoms with Gasteiger partial charge in [-0.3, -0.25) is 0 Å². The van der Waals surface area contributed by atoms with Crippen molar-refractivity contribution in [2.24, 2.45) is 0 Å². The zero-order valence-corrected chi connectivity index (χ0v) is 9.51. The summed E-state index contributed by atoms with van der Waals surface area (Å²) in [6, 6.07) is 0. The van der Waals surface area contributed by atoms with Crippen LogP contribution in [0.25, 0.3) is 0 Å². The summed E-state index contributed by atoms with van der Waals surface area (Å²) in [5.74, 6) is 0. The minimum absolute atomic E-state index is 0.730. The van der Waals surface area contributed by atoms with Crippen molar-refractivity contribution in [3.8, 4) is 0 Å². The topological polar surface area (TPSA) is 9.23 Å². The van der Waals surface area contributed by atoms with Gasteiger partial charge in [-0.05, 0) is 6.92 Å². The SMILES string of the molecule is CCO[Si](Br)(Br)Br. The van der Waals surface area contributed by atoms with E-state index in [-0.39, 0.29) is 0 Å². The second kappa shape index (κ2) is 3.61. The molecule has 7 heavy (non-hydrogen) atoms. The smallest absolute Gasteiger partial charge is 0.391 e. The summed E-state index contributed by atoms with van der Waals surface area (Å²) >= 11 is 9.87. The molecule has 0 aliphatic carbocycles. The molecule has 0 N–H and O–H groups in total. The summed E-state index contributed by atoms with van der Waals surface area (Å²) in [6.45, 7) is 2.68. The van der Waals surface area contributed by atoms with Gasteiger partial charge in [0.15, 0.2) is 0 Å². The monoisotopic (exact) mass is 310 g/mol. The van der Waals surface area contributed by atoms with E-state index in [9.17, 15) is 0 Å². The van der Waals surface area contributed by atoms with Crippen LogP contribution in [-0.2, 0) is 4.43 Å². The molecule has 0 aliphatic heterocycles. The molecule has 0 rings (SSSR count). The largest absolute Gasteiger partial charge is 0.409 e. The van der Waals surface area contributed by atoms with E-state index in [0.29, 0.717) is 0 Å². The van der Waals surface area contributed by atoms with Crippen molar-refractivity contribution >= 4 is 50.1 Å². The van der Waals surface area contributed by atoms with E-state index < -0.39 is 4.18 Å². The lowest BCUT2D eigenvalue weighted by atomic mass is 10.9. The van der Waals surface area contributed by atoms with E-state index in [4.69, 9.17) is 4.43 Å². The highest BCUT2D eigenvalue weighted by Crippen LogP contribution is 2.27. The van der Waals surface area contributed by atoms with Crippen LogP contribution in [0.4, 0.5) is 0 Å². The Kier molecular flexibility index (Phi) is 4.44. The molecule has 0 amide bonds. The average Bonchev–Trinajstić information content (AvgIpc) is 1.30. The molecular formula is C2H5Br3OSi. The Morgan fingerprint density at radius 1 is 1.43 bits per heavy atom. The standard InChI is InChI=1S/C2H5Br3OSi/c1-2-6-7(3,4)5/h2H2,1H3. The average molecular weight is 313 g/mol. The van der Waals surface area contributed by atoms with Crippen LogP contribution in [0.2, 0.25) is 0 Å². The van der Waals surface area contributed by atoms with Crippen LogP contribution in [0.3, 0.4) is 0 Å². The first-order chi connectivity index (χ1) is 3.06. The number of hydrogen-bond donors (Lipinski definition) is 0. The van der Waals surface area contributed by atoms with E-state index in [1.165, 1.54) is 0 Å². The third-order valence-electron chi connectivity index (χ3n) is 0.308. The summed E-state index contributed by atoms with van der Waals surface area (Å²) in [6.07, 6.45) is 0. The Morgan fingerprint density at radius 3 is 1.86 bits per heavy atom. The first-order valence-corrected chi connectivity index (χ1v) is 10.4. The summed E-state index contributed by atoms with van der Waals surface area (Å²) < 4.78 is 3.40. The van der Waals surface area contributed by atoms with E-state index in [2.05, 4.69) is 45.9 Å². The maximum atomic E-state index is 5.12. The van der Waals surface area contributed by atoms with Gasteiger partial charge in [-0.25, -0.2) is 0 Å². The van der Waals surface area contributed by atoms with Crippen molar-refractivity contribution in [2.75, 3.05) is 6.61 Å². The fourth-order valence-corrected chi connectivity index (χ4v) is 2.55. The number of rotatable bonds is 2. The van der Waals surface area contributed by atoms with Crippen molar-refractivity contribution in [2.45, 2.75) is 6.92 Å². The van der Waals surface area contributed by atoms with Gasteiger partial charge in [0.1, 0.15) is 0 Å². The summed E-state index contributed by atoms with van der Waals surface area (Å²) in [4.78, 5) is 0. The Balaban J connectivity index is 3.15. The van der Waals surface area contributed by atoms with Gasteiger partial charge >= 0.3 is 4.18 Å². The number of halogens is 3. The first-order valence-electron chi connectivity index (χ1n) is 1.77. The third-order valence-corrected chi connectivity index (χ3v) is 2.98. The van der Waals surface area contributed by atoms with Crippen LogP contribution < -0.4 is 0 Å². The third kappa shape index (κ3) is 7.62. The molecule has 0 radical (unpaired) electrons. The minimum Gasteiger partial charge on any atom is -0.391 e. The normalized spacial score (nSPS) is 12.0. The van der Waals surface area contributed by atoms with Gasteiger partial charge in [0, 0.05) is 6.61 Å². The molecule has 0 unspecified atom stereocenters. The van der Waals surface area contributed by atoms with E-state index in [0.717, 1.165) is 6.61 Å². The fraction of sp³-hybridized carbons (Fsp3) is 1.00. The van der Waals surface area contributed by atoms with Crippen molar-refractivity contribution in [3.63, 3.8) is 0 Å². The molecule has 0 heterocycles. The number of hydrogen-bond acceptors (Lipinski definition) is 1. The second-order valence-electron chi connectivity index (χ2n) is 0.879. The van der Waals surface area contributed by atoms with Gasteiger partial charge in [-0.15, -0.1) is 0 Å². The Labute approximate surface area is 67.7 Å². The van der Waals surface area contributed by atoms with Crippen LogP contribution >= 0.6 is 45.9 Å². The van der Waals surface area contributed by atoms with Gasteiger partial charge < -0.3 is 4.43 Å². The molecule has 0 spiro atoms. The summed E-state index contributed by atoms with van der Waals surface area (Å²) in [7, 11) is 0. The summed E-state index contributed by atoms with van der Waals surface area (Å²) in [5.41, 5.74) is 0. The lowest BCUT2D eigenvalue weighted by molar-refractivity contribution is 0.366. The molecule has 44 valence electrons. The molecule has 0 aromatic heterocycles. The molecular weight excluding hydrogens is 308 g/mol. The lowest BCUT2D eigenvalue weighted by Gasteiger charge is -2.06. The fourth-order valence-electron chi connectivity index (χ4n) is 0.164. The predicted molar refractivity (Wildman–Crippen MR) is 44.2 cm³/mol. The zero-order valence-electron chi connectivity index (χ0n) is 3.75. The maximum Gasteiger partial charge on any atom is 0.409 e. The summed E-state index contributed by atoms with van der Waals surface area (Å²) in [5, 5.41) is 0. The highest BCUT2D eigenvalue weighted by atomic mass is 80.0. The molecule has 0 fully saturated rings. The molecule has 0 bridgehead atoms. The highest BCUT2D eigenvalue weighted by molar-refractivity contribution is 9.71. The van der Waals surface area contributed by atoms with Gasteiger partial charge in [0.05, 0.1) is 0 Å². The van der Waals surface area contributed by atoms with Crippen molar-refractivity contribution in [1.82, 2.24) is 0 Å². The minimum atomic E-state index is -1.72. The maximum absolute atomic E-state index is 5.12. The van der Waals surface area contributed by atoms with Gasteiger partial charge in [-0.1, -0.05) is 45.9 Å². The van der Waals surface area contributed by atoms with Crippen LogP contribution in [0.5, 0.6) is 0 Å².